The summed E-state index contributed by atoms with van der Waals surface area (Å²) in [5, 5.41) is 0. The van der Waals surface area contributed by atoms with Gasteiger partial charge in [-0.05, 0) is 61.7 Å². The van der Waals surface area contributed by atoms with Gasteiger partial charge in [-0.2, -0.15) is 0 Å². The molecule has 1 aliphatic rings. The Labute approximate surface area is 126 Å². The van der Waals surface area contributed by atoms with Crippen LogP contribution in [0.3, 0.4) is 0 Å². The van der Waals surface area contributed by atoms with Crippen molar-refractivity contribution in [1.29, 1.82) is 0 Å². The maximum atomic E-state index is 5.97. The normalized spacial score (nSPS) is 15.4. The van der Waals surface area contributed by atoms with E-state index < -0.39 is 0 Å². The molecular weight excluding hydrogens is 258 g/mol. The molecule has 0 bridgehead atoms. The van der Waals surface area contributed by atoms with Gasteiger partial charge in [0.05, 0.1) is 0 Å². The highest BCUT2D eigenvalue weighted by molar-refractivity contribution is 5.71. The lowest BCUT2D eigenvalue weighted by atomic mass is 9.98. The van der Waals surface area contributed by atoms with Crippen molar-refractivity contribution >= 4 is 6.08 Å². The van der Waals surface area contributed by atoms with Crippen LogP contribution in [-0.2, 0) is 6.42 Å². The average Bonchev–Trinajstić information content (AvgIpc) is 2.46. The number of nitrogens with zero attached hydrogens (tertiary/aromatic N) is 1. The Morgan fingerprint density at radius 1 is 1.10 bits per heavy atom. The van der Waals surface area contributed by atoms with Crippen LogP contribution in [0.25, 0.3) is 17.2 Å². The van der Waals surface area contributed by atoms with Crippen LogP contribution in [-0.4, -0.2) is 10.6 Å². The van der Waals surface area contributed by atoms with Crippen molar-refractivity contribution in [3.05, 3.63) is 53.9 Å². The number of hydrogen-bond acceptors (Lipinski definition) is 2. The standard InChI is InChI=1S/C19H21NO/c1-4-5-17-13-15(9-11-20-17)14-6-7-18-16(12-14)8-10-19(2,3)21-18/h6-13H,4-5H2,1-3H3. The summed E-state index contributed by atoms with van der Waals surface area (Å²) in [7, 11) is 0. The van der Waals surface area contributed by atoms with Crippen molar-refractivity contribution in [1.82, 2.24) is 4.98 Å². The minimum atomic E-state index is -0.223. The summed E-state index contributed by atoms with van der Waals surface area (Å²) in [5.41, 5.74) is 4.50. The van der Waals surface area contributed by atoms with Gasteiger partial charge in [0.1, 0.15) is 11.4 Å². The summed E-state index contributed by atoms with van der Waals surface area (Å²) >= 11 is 0. The number of rotatable bonds is 3. The molecule has 0 N–H and O–H groups in total. The highest BCUT2D eigenvalue weighted by atomic mass is 16.5. The van der Waals surface area contributed by atoms with E-state index in [9.17, 15) is 0 Å². The molecule has 0 atom stereocenters. The molecule has 108 valence electrons. The molecule has 2 nitrogen and oxygen atoms in total. The first-order chi connectivity index (χ1) is 10.1. The third kappa shape index (κ3) is 2.99. The van der Waals surface area contributed by atoms with Gasteiger partial charge in [-0.25, -0.2) is 0 Å². The third-order valence-corrected chi connectivity index (χ3v) is 3.70. The molecule has 1 aromatic heterocycles. The van der Waals surface area contributed by atoms with Crippen molar-refractivity contribution in [3.8, 4) is 16.9 Å². The number of aromatic nitrogens is 1. The molecule has 0 saturated carbocycles. The smallest absolute Gasteiger partial charge is 0.127 e. The molecule has 0 fully saturated rings. The maximum absolute atomic E-state index is 5.97. The van der Waals surface area contributed by atoms with Gasteiger partial charge in [-0.15, -0.1) is 0 Å². The zero-order chi connectivity index (χ0) is 14.9. The van der Waals surface area contributed by atoms with Gasteiger partial charge in [0.2, 0.25) is 0 Å². The maximum Gasteiger partial charge on any atom is 0.127 e. The summed E-state index contributed by atoms with van der Waals surface area (Å²) < 4.78 is 5.97. The van der Waals surface area contributed by atoms with E-state index in [2.05, 4.69) is 68.2 Å². The molecule has 1 aliphatic heterocycles. The number of ether oxygens (including phenoxy) is 1. The number of aryl methyl sites for hydroxylation is 1. The van der Waals surface area contributed by atoms with Crippen LogP contribution in [0.15, 0.2) is 42.6 Å². The average molecular weight is 279 g/mol. The highest BCUT2D eigenvalue weighted by Crippen LogP contribution is 2.34. The molecule has 2 aromatic rings. The SMILES string of the molecule is CCCc1cc(-c2ccc3c(c2)C=CC(C)(C)O3)ccn1. The molecule has 0 amide bonds. The lowest BCUT2D eigenvalue weighted by Crippen LogP contribution is -2.27. The predicted molar refractivity (Wildman–Crippen MR) is 87.4 cm³/mol. The van der Waals surface area contributed by atoms with Crippen molar-refractivity contribution in [2.75, 3.05) is 0 Å². The Balaban J connectivity index is 1.96. The molecule has 2 heteroatoms. The molecule has 3 rings (SSSR count). The second-order valence-electron chi connectivity index (χ2n) is 6.08. The van der Waals surface area contributed by atoms with E-state index in [1.165, 1.54) is 11.1 Å². The summed E-state index contributed by atoms with van der Waals surface area (Å²) in [4.78, 5) is 4.42. The Hall–Kier alpha value is -2.09. The van der Waals surface area contributed by atoms with E-state index in [0.29, 0.717) is 0 Å². The number of hydrogen-bond donors (Lipinski definition) is 0. The molecule has 0 saturated heterocycles. The number of benzene rings is 1. The molecular formula is C19H21NO. The molecule has 21 heavy (non-hydrogen) atoms. The summed E-state index contributed by atoms with van der Waals surface area (Å²) in [6, 6.07) is 10.6. The Bertz CT molecular complexity index is 686. The molecule has 0 aliphatic carbocycles. The van der Waals surface area contributed by atoms with E-state index >= 15 is 0 Å². The fourth-order valence-corrected chi connectivity index (χ4v) is 2.61. The summed E-state index contributed by atoms with van der Waals surface area (Å²) in [6.07, 6.45) is 8.29. The highest BCUT2D eigenvalue weighted by Gasteiger charge is 2.21. The van der Waals surface area contributed by atoms with Crippen LogP contribution in [0.4, 0.5) is 0 Å². The first-order valence-electron chi connectivity index (χ1n) is 7.55. The van der Waals surface area contributed by atoms with Gasteiger partial charge in [0.25, 0.3) is 0 Å². The van der Waals surface area contributed by atoms with E-state index in [4.69, 9.17) is 4.74 Å². The third-order valence-electron chi connectivity index (χ3n) is 3.70. The van der Waals surface area contributed by atoms with Crippen LogP contribution < -0.4 is 4.74 Å². The van der Waals surface area contributed by atoms with Crippen LogP contribution >= 0.6 is 0 Å². The number of fused-ring (bicyclic) bond motifs is 1. The largest absolute Gasteiger partial charge is 0.483 e. The van der Waals surface area contributed by atoms with Crippen molar-refractivity contribution in [2.24, 2.45) is 0 Å². The van der Waals surface area contributed by atoms with E-state index in [0.717, 1.165) is 29.8 Å². The van der Waals surface area contributed by atoms with Gasteiger partial charge in [-0.3, -0.25) is 4.98 Å². The molecule has 0 unspecified atom stereocenters. The van der Waals surface area contributed by atoms with Crippen LogP contribution in [0.5, 0.6) is 5.75 Å². The van der Waals surface area contributed by atoms with Gasteiger partial charge in [0, 0.05) is 17.5 Å². The zero-order valence-corrected chi connectivity index (χ0v) is 12.9. The molecule has 0 radical (unpaired) electrons. The summed E-state index contributed by atoms with van der Waals surface area (Å²) in [5.74, 6) is 0.953. The van der Waals surface area contributed by atoms with Crippen LogP contribution in [0.1, 0.15) is 38.4 Å². The minimum Gasteiger partial charge on any atom is -0.483 e. The second kappa shape index (κ2) is 5.36. The monoisotopic (exact) mass is 279 g/mol. The Morgan fingerprint density at radius 3 is 2.71 bits per heavy atom. The quantitative estimate of drug-likeness (QED) is 0.798. The van der Waals surface area contributed by atoms with Gasteiger partial charge >= 0.3 is 0 Å². The Morgan fingerprint density at radius 2 is 1.90 bits per heavy atom. The topological polar surface area (TPSA) is 22.1 Å². The minimum absolute atomic E-state index is 0.223. The second-order valence-corrected chi connectivity index (χ2v) is 6.08. The lowest BCUT2D eigenvalue weighted by molar-refractivity contribution is 0.159. The fourth-order valence-electron chi connectivity index (χ4n) is 2.61. The van der Waals surface area contributed by atoms with E-state index in [-0.39, 0.29) is 5.60 Å². The first kappa shape index (κ1) is 13.9. The predicted octanol–water partition coefficient (Wildman–Crippen LogP) is 4.89. The molecule has 1 aromatic carbocycles. The lowest BCUT2D eigenvalue weighted by Gasteiger charge is -2.28. The van der Waals surface area contributed by atoms with Gasteiger partial charge in [0.15, 0.2) is 0 Å². The van der Waals surface area contributed by atoms with Gasteiger partial charge < -0.3 is 4.74 Å². The van der Waals surface area contributed by atoms with E-state index in [1.807, 2.05) is 6.20 Å². The fraction of sp³-hybridized carbons (Fsp3) is 0.316. The Kier molecular flexibility index (Phi) is 3.54. The van der Waals surface area contributed by atoms with E-state index in [1.54, 1.807) is 0 Å². The van der Waals surface area contributed by atoms with Crippen molar-refractivity contribution in [3.63, 3.8) is 0 Å². The number of pyridine rings is 1. The van der Waals surface area contributed by atoms with Crippen LogP contribution in [0.2, 0.25) is 0 Å². The molecule has 0 spiro atoms. The summed E-state index contributed by atoms with van der Waals surface area (Å²) in [6.45, 7) is 6.32. The van der Waals surface area contributed by atoms with Crippen molar-refractivity contribution in [2.45, 2.75) is 39.2 Å². The van der Waals surface area contributed by atoms with Crippen LogP contribution in [0, 0.1) is 0 Å². The molecule has 2 heterocycles. The van der Waals surface area contributed by atoms with Crippen molar-refractivity contribution < 1.29 is 4.74 Å². The zero-order valence-electron chi connectivity index (χ0n) is 12.9. The van der Waals surface area contributed by atoms with Gasteiger partial charge in [-0.1, -0.05) is 25.5 Å². The first-order valence-corrected chi connectivity index (χ1v) is 7.55.